The van der Waals surface area contributed by atoms with Gasteiger partial charge in [0, 0.05) is 126 Å². The smallest absolute Gasteiger partial charge is 0.333 e. The van der Waals surface area contributed by atoms with Gasteiger partial charge in [0.15, 0.2) is 0 Å². The molecule has 0 aliphatic carbocycles. The Balaban J connectivity index is 1.03. The Labute approximate surface area is 419 Å². The van der Waals surface area contributed by atoms with Gasteiger partial charge in [-0.1, -0.05) is 152 Å². The number of nitrogens with zero attached hydrogens (tertiary/aromatic N) is 4. The van der Waals surface area contributed by atoms with E-state index in [2.05, 4.69) is 217 Å². The number of hydrogen-bond donors (Lipinski definition) is 1. The molecule has 0 atom stereocenters. The number of aromatic nitrogens is 5. The molecule has 0 saturated carbocycles. The summed E-state index contributed by atoms with van der Waals surface area (Å²) < 4.78 is 18.0. The van der Waals surface area contributed by atoms with Crippen molar-refractivity contribution < 1.29 is 4.42 Å². The molecule has 6 nitrogen and oxygen atoms in total. The van der Waals surface area contributed by atoms with E-state index < -0.39 is 0 Å². The van der Waals surface area contributed by atoms with Crippen LogP contribution in [0.2, 0.25) is 0 Å². The summed E-state index contributed by atoms with van der Waals surface area (Å²) in [5.74, 6) is 0. The molecule has 4 aliphatic rings. The molecule has 0 amide bonds. The minimum absolute atomic E-state index is 0.143. The van der Waals surface area contributed by atoms with Gasteiger partial charge < -0.3 is 27.5 Å². The Morgan fingerprint density at radius 1 is 0.365 bits per heavy atom. The quantitative estimate of drug-likeness (QED) is 0.151. The van der Waals surface area contributed by atoms with Gasteiger partial charge in [-0.3, -0.25) is 0 Å². The molecule has 0 fully saturated rings. The molecule has 8 heteroatoms. The van der Waals surface area contributed by atoms with Crippen LogP contribution in [0.4, 0.5) is 0 Å². The zero-order chi connectivity index (χ0) is 47.1. The molecule has 0 radical (unpaired) electrons. The normalized spacial score (nSPS) is 13.9. The Bertz CT molecular complexity index is 5310. The second kappa shape index (κ2) is 11.8. The van der Waals surface area contributed by atoms with Crippen molar-refractivity contribution in [1.82, 2.24) is 23.1 Å². The highest BCUT2D eigenvalue weighted by Gasteiger charge is 2.48. The molecular formula is C66H33B2N5O. The fourth-order valence-electron chi connectivity index (χ4n) is 16.0. The number of aromatic amines is 1. The van der Waals surface area contributed by atoms with Crippen molar-refractivity contribution in [3.05, 3.63) is 194 Å². The first-order chi connectivity index (χ1) is 36.8. The average Bonchev–Trinajstić information content (AvgIpc) is 4.32. The maximum atomic E-state index is 7.27. The van der Waals surface area contributed by atoms with Gasteiger partial charge in [0.05, 0.1) is 27.6 Å². The summed E-state index contributed by atoms with van der Waals surface area (Å²) >= 11 is 0. The van der Waals surface area contributed by atoms with Crippen molar-refractivity contribution in [3.63, 3.8) is 0 Å². The minimum atomic E-state index is -0.171. The lowest BCUT2D eigenvalue weighted by Crippen LogP contribution is -2.60. The van der Waals surface area contributed by atoms with Crippen LogP contribution in [0.25, 0.3) is 165 Å². The molecule has 10 heterocycles. The number of fused-ring (bicyclic) bond motifs is 32. The van der Waals surface area contributed by atoms with E-state index in [1.54, 1.807) is 0 Å². The third-order valence-corrected chi connectivity index (χ3v) is 18.4. The molecule has 0 bridgehead atoms. The van der Waals surface area contributed by atoms with Crippen LogP contribution in [0.1, 0.15) is 0 Å². The summed E-state index contributed by atoms with van der Waals surface area (Å²) in [6.45, 7) is -0.314. The maximum absolute atomic E-state index is 7.27. The summed E-state index contributed by atoms with van der Waals surface area (Å²) in [4.78, 5) is 4.09. The van der Waals surface area contributed by atoms with Crippen LogP contribution in [0, 0.1) is 0 Å². The first-order valence-electron chi connectivity index (χ1n) is 25.9. The molecule has 0 saturated heterocycles. The van der Waals surface area contributed by atoms with Crippen LogP contribution >= 0.6 is 0 Å². The van der Waals surface area contributed by atoms with Crippen molar-refractivity contribution in [2.75, 3.05) is 0 Å². The standard InChI is InChI=1S/C66H33B2N5O/c1-7-25-45-37(17-1)53-54-38-18-4-8-26-46(38)70-50-32-51-44(31-43(50)67-59(64(54)70)57(61(53)69-45)41-23-13-21-35-33-15-2-10-28-48(33)72(67)62(35)41)68-60-58(42-24-14-22-36-34-16-3-11-29-49(34)73(68)63(36)42)66-56(40-20-6-12-30-52(40)74-66)55-39-19-5-9-27-47(39)71(51)65(55)60/h1-32,69H. The maximum Gasteiger partial charge on any atom is 0.333 e. The highest BCUT2D eigenvalue weighted by Crippen LogP contribution is 2.52. The zero-order valence-corrected chi connectivity index (χ0v) is 39.3. The lowest BCUT2D eigenvalue weighted by Gasteiger charge is -2.37. The molecule has 1 N–H and O–H groups in total. The third-order valence-electron chi connectivity index (χ3n) is 18.4. The van der Waals surface area contributed by atoms with Gasteiger partial charge in [0.25, 0.3) is 0 Å². The number of H-pyrrole nitrogens is 1. The van der Waals surface area contributed by atoms with E-state index in [0.717, 1.165) is 22.1 Å². The molecule has 0 unspecified atom stereocenters. The van der Waals surface area contributed by atoms with E-state index in [1.165, 1.54) is 164 Å². The SMILES string of the molecule is c1ccc2c(c1)[nH]c1c3c4c5c(c6ccccc6n5-c5cc6c(cc5B4n4c5ccccc5c5cccc-3c54)B3c4c(c5oc7ccccc7c5c5c7ccccc7n-6c45)-c4cccc5c6ccccc6n3c45)c12. The van der Waals surface area contributed by atoms with Crippen LogP contribution < -0.4 is 21.9 Å². The van der Waals surface area contributed by atoms with E-state index in [0.29, 0.717) is 0 Å². The van der Waals surface area contributed by atoms with E-state index in [-0.39, 0.29) is 13.7 Å². The second-order valence-electron chi connectivity index (χ2n) is 21.4. The Morgan fingerprint density at radius 3 is 1.49 bits per heavy atom. The first kappa shape index (κ1) is 36.3. The number of rotatable bonds is 0. The summed E-state index contributed by atoms with van der Waals surface area (Å²) in [5.41, 5.74) is 27.1. The van der Waals surface area contributed by atoms with Crippen LogP contribution in [0.15, 0.2) is 199 Å². The minimum Gasteiger partial charge on any atom is -0.455 e. The Hall–Kier alpha value is -9.65. The summed E-state index contributed by atoms with van der Waals surface area (Å²) in [5, 5.41) is 15.1. The van der Waals surface area contributed by atoms with Gasteiger partial charge in [0.1, 0.15) is 11.2 Å². The fourth-order valence-corrected chi connectivity index (χ4v) is 16.0. The first-order valence-corrected chi connectivity index (χ1v) is 25.9. The van der Waals surface area contributed by atoms with Crippen molar-refractivity contribution in [1.29, 1.82) is 0 Å². The number of hydrogen-bond acceptors (Lipinski definition) is 1. The fraction of sp³-hybridized carbons (Fsp3) is 0. The van der Waals surface area contributed by atoms with Crippen molar-refractivity contribution in [2.45, 2.75) is 0 Å². The monoisotopic (exact) mass is 933 g/mol. The zero-order valence-electron chi connectivity index (χ0n) is 39.3. The summed E-state index contributed by atoms with van der Waals surface area (Å²) in [6, 6.07) is 73.4. The predicted octanol–water partition coefficient (Wildman–Crippen LogP) is 13.5. The number of benzene rings is 11. The molecule has 6 aromatic heterocycles. The van der Waals surface area contributed by atoms with Crippen molar-refractivity contribution in [3.8, 4) is 33.6 Å². The summed E-state index contributed by atoms with van der Waals surface area (Å²) in [7, 11) is 0. The van der Waals surface area contributed by atoms with Gasteiger partial charge in [-0.2, -0.15) is 0 Å². The topological polar surface area (TPSA) is 48.6 Å². The molecule has 11 aromatic carbocycles. The van der Waals surface area contributed by atoms with Crippen LogP contribution in [-0.4, -0.2) is 36.8 Å². The van der Waals surface area contributed by atoms with Gasteiger partial charge >= 0.3 is 13.7 Å². The summed E-state index contributed by atoms with van der Waals surface area (Å²) in [6.07, 6.45) is 0. The molecule has 21 rings (SSSR count). The molecule has 17 aromatic rings. The largest absolute Gasteiger partial charge is 0.455 e. The molecule has 334 valence electrons. The number of nitrogens with one attached hydrogen (secondary N) is 1. The van der Waals surface area contributed by atoms with Gasteiger partial charge in [-0.05, 0) is 64.3 Å². The highest BCUT2D eigenvalue weighted by molar-refractivity contribution is 6.94. The highest BCUT2D eigenvalue weighted by atomic mass is 16.3. The average molecular weight is 934 g/mol. The molecular weight excluding hydrogens is 900 g/mol. The van der Waals surface area contributed by atoms with Crippen LogP contribution in [0.5, 0.6) is 0 Å². The van der Waals surface area contributed by atoms with E-state index in [1.807, 2.05) is 0 Å². The third kappa shape index (κ3) is 3.69. The van der Waals surface area contributed by atoms with Gasteiger partial charge in [-0.15, -0.1) is 0 Å². The van der Waals surface area contributed by atoms with E-state index >= 15 is 0 Å². The van der Waals surface area contributed by atoms with E-state index in [4.69, 9.17) is 4.42 Å². The lowest BCUT2D eigenvalue weighted by molar-refractivity contribution is 0.670. The van der Waals surface area contributed by atoms with Crippen molar-refractivity contribution >= 4 is 167 Å². The van der Waals surface area contributed by atoms with Crippen molar-refractivity contribution in [2.24, 2.45) is 0 Å². The Morgan fingerprint density at radius 2 is 0.851 bits per heavy atom. The lowest BCUT2D eigenvalue weighted by atomic mass is 9.41. The van der Waals surface area contributed by atoms with E-state index in [9.17, 15) is 0 Å². The number of furan rings is 1. The van der Waals surface area contributed by atoms with Gasteiger partial charge in [-0.25, -0.2) is 0 Å². The van der Waals surface area contributed by atoms with Crippen LogP contribution in [0.3, 0.4) is 0 Å². The van der Waals surface area contributed by atoms with Crippen LogP contribution in [-0.2, 0) is 0 Å². The molecule has 0 spiro atoms. The Kier molecular flexibility index (Phi) is 5.80. The molecule has 74 heavy (non-hydrogen) atoms. The number of para-hydroxylation sites is 8. The predicted molar refractivity (Wildman–Crippen MR) is 309 cm³/mol. The molecule has 4 aliphatic heterocycles. The second-order valence-corrected chi connectivity index (χ2v) is 21.4. The van der Waals surface area contributed by atoms with Gasteiger partial charge in [0.2, 0.25) is 0 Å².